The summed E-state index contributed by atoms with van der Waals surface area (Å²) in [6.07, 6.45) is -2.08. The van der Waals surface area contributed by atoms with Gasteiger partial charge in [0.25, 0.3) is 0 Å². The molecule has 0 aromatic carbocycles. The number of nitrogens with two attached hydrogens (primary N) is 2. The van der Waals surface area contributed by atoms with Crippen molar-refractivity contribution in [2.45, 2.75) is 30.7 Å². The van der Waals surface area contributed by atoms with E-state index in [1.165, 1.54) is 0 Å². The predicted molar refractivity (Wildman–Crippen MR) is 46.8 cm³/mol. The van der Waals surface area contributed by atoms with Crippen LogP contribution in [0.15, 0.2) is 0 Å². The standard InChI is InChI=1S/C7H18N2O4/c8-4(2-10)6(12)1-7(13)5(9)3-11/h4-7,10-13H,1-3,8-9H2/t4-,5-,6+,7+/m1/s1. The second-order valence-electron chi connectivity index (χ2n) is 3.06. The van der Waals surface area contributed by atoms with Crippen molar-refractivity contribution in [1.29, 1.82) is 0 Å². The number of hydrogen-bond donors (Lipinski definition) is 6. The third-order valence-corrected chi connectivity index (χ3v) is 1.89. The Hall–Kier alpha value is -0.240. The van der Waals surface area contributed by atoms with E-state index < -0.39 is 24.3 Å². The molecule has 0 spiro atoms. The number of aliphatic hydroxyl groups excluding tert-OH is 4. The van der Waals surface area contributed by atoms with E-state index in [4.69, 9.17) is 21.7 Å². The molecule has 80 valence electrons. The molecule has 0 unspecified atom stereocenters. The minimum absolute atomic E-state index is 0.0521. The Morgan fingerprint density at radius 2 is 1.15 bits per heavy atom. The highest BCUT2D eigenvalue weighted by atomic mass is 16.3. The Kier molecular flexibility index (Phi) is 6.13. The quantitative estimate of drug-likeness (QED) is 0.263. The fourth-order valence-electron chi connectivity index (χ4n) is 0.840. The zero-order valence-corrected chi connectivity index (χ0v) is 7.37. The van der Waals surface area contributed by atoms with Crippen molar-refractivity contribution < 1.29 is 20.4 Å². The van der Waals surface area contributed by atoms with Crippen LogP contribution in [0.1, 0.15) is 6.42 Å². The summed E-state index contributed by atoms with van der Waals surface area (Å²) in [5, 5.41) is 35.6. The normalized spacial score (nSPS) is 20.8. The molecule has 0 saturated carbocycles. The molecule has 0 amide bonds. The van der Waals surface area contributed by atoms with Crippen LogP contribution < -0.4 is 11.5 Å². The molecule has 0 rings (SSSR count). The molecule has 0 aromatic heterocycles. The van der Waals surface area contributed by atoms with Gasteiger partial charge in [-0.15, -0.1) is 0 Å². The summed E-state index contributed by atoms with van der Waals surface area (Å²) in [6.45, 7) is -0.718. The summed E-state index contributed by atoms with van der Waals surface area (Å²) in [5.74, 6) is 0. The van der Waals surface area contributed by atoms with E-state index >= 15 is 0 Å². The van der Waals surface area contributed by atoms with Crippen LogP contribution in [0.2, 0.25) is 0 Å². The Bertz CT molecular complexity index is 122. The van der Waals surface area contributed by atoms with Gasteiger partial charge in [0.2, 0.25) is 0 Å². The van der Waals surface area contributed by atoms with Crippen LogP contribution in [0.25, 0.3) is 0 Å². The molecular formula is C7H18N2O4. The SMILES string of the molecule is N[C@H](CO)[C@@H](O)C[C@H](O)[C@H](N)CO. The van der Waals surface area contributed by atoms with Gasteiger partial charge in [-0.2, -0.15) is 0 Å². The summed E-state index contributed by atoms with van der Waals surface area (Å²) >= 11 is 0. The first-order chi connectivity index (χ1) is 6.02. The minimum atomic E-state index is -1.02. The summed E-state index contributed by atoms with van der Waals surface area (Å²) in [7, 11) is 0. The molecule has 0 aliphatic heterocycles. The minimum Gasteiger partial charge on any atom is -0.395 e. The van der Waals surface area contributed by atoms with E-state index in [-0.39, 0.29) is 19.6 Å². The molecule has 0 aromatic rings. The fraction of sp³-hybridized carbons (Fsp3) is 1.00. The van der Waals surface area contributed by atoms with Crippen LogP contribution in [0.4, 0.5) is 0 Å². The lowest BCUT2D eigenvalue weighted by Crippen LogP contribution is -2.45. The van der Waals surface area contributed by atoms with Gasteiger partial charge in [0, 0.05) is 6.42 Å². The van der Waals surface area contributed by atoms with Crippen molar-refractivity contribution in [2.75, 3.05) is 13.2 Å². The lowest BCUT2D eigenvalue weighted by atomic mass is 10.0. The highest BCUT2D eigenvalue weighted by Crippen LogP contribution is 2.04. The third-order valence-electron chi connectivity index (χ3n) is 1.89. The van der Waals surface area contributed by atoms with Crippen LogP contribution >= 0.6 is 0 Å². The molecule has 8 N–H and O–H groups in total. The molecule has 0 aliphatic carbocycles. The number of hydrogen-bond acceptors (Lipinski definition) is 6. The van der Waals surface area contributed by atoms with Crippen molar-refractivity contribution in [3.05, 3.63) is 0 Å². The van der Waals surface area contributed by atoms with E-state index in [0.717, 1.165) is 0 Å². The maximum Gasteiger partial charge on any atom is 0.0738 e. The summed E-state index contributed by atoms with van der Waals surface area (Å²) in [6, 6.07) is -1.58. The van der Waals surface area contributed by atoms with Gasteiger partial charge < -0.3 is 31.9 Å². The molecule has 0 bridgehead atoms. The second-order valence-corrected chi connectivity index (χ2v) is 3.06. The maximum absolute atomic E-state index is 9.25. The van der Waals surface area contributed by atoms with Gasteiger partial charge in [0.15, 0.2) is 0 Å². The fourth-order valence-corrected chi connectivity index (χ4v) is 0.840. The first kappa shape index (κ1) is 12.8. The Morgan fingerprint density at radius 1 is 0.846 bits per heavy atom. The van der Waals surface area contributed by atoms with Crippen molar-refractivity contribution in [3.63, 3.8) is 0 Å². The molecule has 6 heteroatoms. The topological polar surface area (TPSA) is 133 Å². The molecule has 0 fully saturated rings. The zero-order valence-electron chi connectivity index (χ0n) is 7.37. The van der Waals surface area contributed by atoms with Crippen LogP contribution in [0, 0.1) is 0 Å². The van der Waals surface area contributed by atoms with Crippen molar-refractivity contribution >= 4 is 0 Å². The smallest absolute Gasteiger partial charge is 0.0738 e. The van der Waals surface area contributed by atoms with Gasteiger partial charge >= 0.3 is 0 Å². The van der Waals surface area contributed by atoms with E-state index in [9.17, 15) is 10.2 Å². The molecular weight excluding hydrogens is 176 g/mol. The van der Waals surface area contributed by atoms with Crippen molar-refractivity contribution in [2.24, 2.45) is 11.5 Å². The Balaban J connectivity index is 3.83. The second kappa shape index (κ2) is 6.25. The van der Waals surface area contributed by atoms with E-state index in [1.807, 2.05) is 0 Å². The van der Waals surface area contributed by atoms with Crippen LogP contribution in [0.5, 0.6) is 0 Å². The molecule has 0 radical (unpaired) electrons. The average Bonchev–Trinajstić information content (AvgIpc) is 2.14. The van der Waals surface area contributed by atoms with Gasteiger partial charge in [-0.25, -0.2) is 0 Å². The van der Waals surface area contributed by atoms with Gasteiger partial charge in [0.1, 0.15) is 0 Å². The molecule has 0 heterocycles. The molecule has 0 saturated heterocycles. The largest absolute Gasteiger partial charge is 0.395 e. The van der Waals surface area contributed by atoms with Crippen LogP contribution in [0.3, 0.4) is 0 Å². The Labute approximate surface area is 76.8 Å². The molecule has 4 atom stereocenters. The monoisotopic (exact) mass is 194 g/mol. The first-order valence-electron chi connectivity index (χ1n) is 4.12. The van der Waals surface area contributed by atoms with Gasteiger partial charge in [-0.1, -0.05) is 0 Å². The van der Waals surface area contributed by atoms with Crippen molar-refractivity contribution in [3.8, 4) is 0 Å². The lowest BCUT2D eigenvalue weighted by Gasteiger charge is -2.22. The number of rotatable bonds is 6. The average molecular weight is 194 g/mol. The summed E-state index contributed by atoms with van der Waals surface area (Å²) < 4.78 is 0. The number of aliphatic hydroxyl groups is 4. The van der Waals surface area contributed by atoms with Crippen molar-refractivity contribution in [1.82, 2.24) is 0 Å². The molecule has 6 nitrogen and oxygen atoms in total. The van der Waals surface area contributed by atoms with Gasteiger partial charge in [-0.05, 0) is 0 Å². The zero-order chi connectivity index (χ0) is 10.4. The highest BCUT2D eigenvalue weighted by Gasteiger charge is 2.21. The lowest BCUT2D eigenvalue weighted by molar-refractivity contribution is 0.0302. The molecule has 0 aliphatic rings. The predicted octanol–water partition coefficient (Wildman–Crippen LogP) is -3.26. The summed E-state index contributed by atoms with van der Waals surface area (Å²) in [4.78, 5) is 0. The van der Waals surface area contributed by atoms with Crippen LogP contribution in [-0.4, -0.2) is 57.9 Å². The highest BCUT2D eigenvalue weighted by molar-refractivity contribution is 4.79. The maximum atomic E-state index is 9.25. The Morgan fingerprint density at radius 3 is 1.38 bits per heavy atom. The van der Waals surface area contributed by atoms with E-state index in [1.54, 1.807) is 0 Å². The van der Waals surface area contributed by atoms with Crippen LogP contribution in [-0.2, 0) is 0 Å². The summed E-state index contributed by atoms with van der Waals surface area (Å²) in [5.41, 5.74) is 10.6. The van der Waals surface area contributed by atoms with Gasteiger partial charge in [0.05, 0.1) is 37.5 Å². The molecule has 13 heavy (non-hydrogen) atoms. The van der Waals surface area contributed by atoms with E-state index in [2.05, 4.69) is 0 Å². The third kappa shape index (κ3) is 4.51. The van der Waals surface area contributed by atoms with E-state index in [0.29, 0.717) is 0 Å². The van der Waals surface area contributed by atoms with Gasteiger partial charge in [-0.3, -0.25) is 0 Å². The first-order valence-corrected chi connectivity index (χ1v) is 4.12.